The number of rotatable bonds is 10. The molecule has 1 aliphatic rings. The Morgan fingerprint density at radius 3 is 2.59 bits per heavy atom. The molecule has 7 N–H and O–H groups in total. The molecule has 1 saturated heterocycles. The van der Waals surface area contributed by atoms with Crippen molar-refractivity contribution in [3.63, 3.8) is 0 Å². The zero-order chi connectivity index (χ0) is 26.5. The number of carbonyl (C=O) groups is 4. The van der Waals surface area contributed by atoms with Crippen LogP contribution in [0.3, 0.4) is 0 Å². The molecule has 4 rings (SSSR count). The molecular weight excluding hydrogens is 478 g/mol. The number of para-hydroxylation sites is 1. The summed E-state index contributed by atoms with van der Waals surface area (Å²) in [5.41, 5.74) is 7.97. The molecule has 12 heteroatoms. The molecule has 1 fully saturated rings. The lowest BCUT2D eigenvalue weighted by Crippen LogP contribution is -2.58. The number of hydrogen-bond acceptors (Lipinski definition) is 6. The van der Waals surface area contributed by atoms with Crippen LogP contribution in [-0.4, -0.2) is 79.4 Å². The monoisotopic (exact) mass is 509 g/mol. The number of hydrogen-bond donors (Lipinski definition) is 6. The van der Waals surface area contributed by atoms with Crippen molar-refractivity contribution in [2.75, 3.05) is 6.54 Å². The number of likely N-dealkylation sites (tertiary alicyclic amines) is 1. The second-order valence-corrected chi connectivity index (χ2v) is 9.28. The molecule has 0 bridgehead atoms. The molecule has 3 amide bonds. The first-order chi connectivity index (χ1) is 17.7. The van der Waals surface area contributed by atoms with Gasteiger partial charge in [-0.15, -0.1) is 0 Å². The average molecular weight is 510 g/mol. The maximum atomic E-state index is 13.6. The van der Waals surface area contributed by atoms with E-state index < -0.39 is 47.9 Å². The Labute approximate surface area is 213 Å². The summed E-state index contributed by atoms with van der Waals surface area (Å²) in [4.78, 5) is 62.6. The van der Waals surface area contributed by atoms with Crippen molar-refractivity contribution in [1.82, 2.24) is 30.5 Å². The maximum absolute atomic E-state index is 13.6. The third-order valence-electron chi connectivity index (χ3n) is 6.56. The number of H-pyrrole nitrogens is 2. The Morgan fingerprint density at radius 1 is 1.14 bits per heavy atom. The number of aromatic amines is 2. The van der Waals surface area contributed by atoms with E-state index in [0.717, 1.165) is 16.5 Å². The number of nitrogens with zero attached hydrogens (tertiary/aromatic N) is 2. The van der Waals surface area contributed by atoms with E-state index in [2.05, 4.69) is 25.6 Å². The van der Waals surface area contributed by atoms with E-state index in [1.54, 1.807) is 6.20 Å². The van der Waals surface area contributed by atoms with Crippen LogP contribution in [0.4, 0.5) is 0 Å². The standard InChI is InChI=1S/C25H31N7O5/c1-14(26)22(33)30-19(10-16-12-27-13-29-16)23(34)31-20(24(35)32-8-4-7-21(32)25(36)37)9-15-11-28-18-6-3-2-5-17(15)18/h2-3,5-6,11-14,19-21,28H,4,7-10,26H2,1H3,(H,27,29)(H,30,33)(H,31,34)(H,36,37). The molecule has 12 nitrogen and oxygen atoms in total. The van der Waals surface area contributed by atoms with Crippen molar-refractivity contribution in [3.05, 3.63) is 54.2 Å². The summed E-state index contributed by atoms with van der Waals surface area (Å²) in [6.07, 6.45) is 5.91. The lowest BCUT2D eigenvalue weighted by molar-refractivity contribution is -0.149. The van der Waals surface area contributed by atoms with Crippen molar-refractivity contribution in [2.24, 2.45) is 5.73 Å². The number of nitrogens with two attached hydrogens (primary N) is 1. The number of amides is 3. The Morgan fingerprint density at radius 2 is 1.89 bits per heavy atom. The zero-order valence-electron chi connectivity index (χ0n) is 20.4. The molecular formula is C25H31N7O5. The average Bonchev–Trinajstić information content (AvgIpc) is 3.64. The van der Waals surface area contributed by atoms with Gasteiger partial charge in [0.15, 0.2) is 0 Å². The van der Waals surface area contributed by atoms with Crippen LogP contribution in [0.25, 0.3) is 10.9 Å². The van der Waals surface area contributed by atoms with E-state index in [1.165, 1.54) is 24.3 Å². The van der Waals surface area contributed by atoms with E-state index in [9.17, 15) is 24.3 Å². The molecule has 3 aromatic rings. The molecule has 3 heterocycles. The normalized spacial score (nSPS) is 17.8. The molecule has 196 valence electrons. The van der Waals surface area contributed by atoms with Crippen LogP contribution in [-0.2, 0) is 32.0 Å². The van der Waals surface area contributed by atoms with Gasteiger partial charge < -0.3 is 36.3 Å². The minimum atomic E-state index is -1.08. The van der Waals surface area contributed by atoms with Gasteiger partial charge in [0, 0.05) is 48.4 Å². The molecule has 37 heavy (non-hydrogen) atoms. The van der Waals surface area contributed by atoms with Gasteiger partial charge in [-0.25, -0.2) is 9.78 Å². The Hall–Kier alpha value is -4.19. The summed E-state index contributed by atoms with van der Waals surface area (Å²) in [5.74, 6) is -2.68. The highest BCUT2D eigenvalue weighted by atomic mass is 16.4. The predicted molar refractivity (Wildman–Crippen MR) is 134 cm³/mol. The summed E-state index contributed by atoms with van der Waals surface area (Å²) in [7, 11) is 0. The number of carboxylic acid groups (broad SMARTS) is 1. The molecule has 0 saturated carbocycles. The minimum absolute atomic E-state index is 0.0970. The van der Waals surface area contributed by atoms with Crippen LogP contribution in [0.15, 0.2) is 43.0 Å². The third-order valence-corrected chi connectivity index (χ3v) is 6.56. The number of aliphatic carboxylic acids is 1. The van der Waals surface area contributed by atoms with Gasteiger partial charge in [0.05, 0.1) is 12.4 Å². The second kappa shape index (κ2) is 11.2. The zero-order valence-corrected chi connectivity index (χ0v) is 20.4. The van der Waals surface area contributed by atoms with Crippen LogP contribution >= 0.6 is 0 Å². The molecule has 4 unspecified atom stereocenters. The predicted octanol–water partition coefficient (Wildman–Crippen LogP) is 0.0686. The maximum Gasteiger partial charge on any atom is 0.326 e. The second-order valence-electron chi connectivity index (χ2n) is 9.28. The molecule has 2 aromatic heterocycles. The van der Waals surface area contributed by atoms with E-state index in [-0.39, 0.29) is 19.4 Å². The van der Waals surface area contributed by atoms with Gasteiger partial charge in [-0.05, 0) is 31.4 Å². The molecule has 1 aromatic carbocycles. The van der Waals surface area contributed by atoms with E-state index in [4.69, 9.17) is 5.73 Å². The number of aromatic nitrogens is 3. The third kappa shape index (κ3) is 5.97. The first kappa shape index (κ1) is 25.9. The smallest absolute Gasteiger partial charge is 0.326 e. The van der Waals surface area contributed by atoms with Crippen molar-refractivity contribution >= 4 is 34.6 Å². The summed E-state index contributed by atoms with van der Waals surface area (Å²) < 4.78 is 0. The SMILES string of the molecule is CC(N)C(=O)NC(Cc1cnc[nH]1)C(=O)NC(Cc1c[nH]c2ccccc12)C(=O)N1CCCC1C(=O)O. The molecule has 0 radical (unpaired) electrons. The van der Waals surface area contributed by atoms with Gasteiger partial charge in [-0.2, -0.15) is 0 Å². The van der Waals surface area contributed by atoms with Crippen molar-refractivity contribution in [1.29, 1.82) is 0 Å². The molecule has 4 atom stereocenters. The van der Waals surface area contributed by atoms with Crippen LogP contribution in [0.5, 0.6) is 0 Å². The Kier molecular flexibility index (Phi) is 7.87. The van der Waals surface area contributed by atoms with Gasteiger partial charge in [0.1, 0.15) is 18.1 Å². The number of benzene rings is 1. The fraction of sp³-hybridized carbons (Fsp3) is 0.400. The summed E-state index contributed by atoms with van der Waals surface area (Å²) >= 11 is 0. The fourth-order valence-electron chi connectivity index (χ4n) is 4.61. The van der Waals surface area contributed by atoms with E-state index >= 15 is 0 Å². The molecule has 1 aliphatic heterocycles. The topological polar surface area (TPSA) is 186 Å². The summed E-state index contributed by atoms with van der Waals surface area (Å²) in [6.45, 7) is 1.79. The highest BCUT2D eigenvalue weighted by Crippen LogP contribution is 2.23. The molecule has 0 spiro atoms. The van der Waals surface area contributed by atoms with Crippen molar-refractivity contribution in [3.8, 4) is 0 Å². The highest BCUT2D eigenvalue weighted by molar-refractivity contribution is 5.95. The van der Waals surface area contributed by atoms with E-state index in [1.807, 2.05) is 24.3 Å². The van der Waals surface area contributed by atoms with Crippen molar-refractivity contribution in [2.45, 2.75) is 56.8 Å². The lowest BCUT2D eigenvalue weighted by Gasteiger charge is -2.29. The number of carboxylic acids is 1. The number of carbonyl (C=O) groups excluding carboxylic acids is 3. The van der Waals surface area contributed by atoms with Crippen LogP contribution in [0.1, 0.15) is 31.0 Å². The summed E-state index contributed by atoms with van der Waals surface area (Å²) in [5, 5.41) is 15.9. The first-order valence-electron chi connectivity index (χ1n) is 12.2. The van der Waals surface area contributed by atoms with Crippen molar-refractivity contribution < 1.29 is 24.3 Å². The molecule has 0 aliphatic carbocycles. The van der Waals surface area contributed by atoms with Gasteiger partial charge in [-0.3, -0.25) is 14.4 Å². The Balaban J connectivity index is 1.61. The minimum Gasteiger partial charge on any atom is -0.480 e. The number of nitrogens with one attached hydrogen (secondary N) is 4. The quantitative estimate of drug-likeness (QED) is 0.223. The first-order valence-corrected chi connectivity index (χ1v) is 12.2. The fourth-order valence-corrected chi connectivity index (χ4v) is 4.61. The van der Waals surface area contributed by atoms with E-state index in [0.29, 0.717) is 18.5 Å². The number of fused-ring (bicyclic) bond motifs is 1. The number of imidazole rings is 1. The Bertz CT molecular complexity index is 1270. The van der Waals surface area contributed by atoms with Gasteiger partial charge in [-0.1, -0.05) is 18.2 Å². The van der Waals surface area contributed by atoms with Crippen LogP contribution < -0.4 is 16.4 Å². The van der Waals surface area contributed by atoms with Crippen LogP contribution in [0.2, 0.25) is 0 Å². The van der Waals surface area contributed by atoms with Gasteiger partial charge in [0.25, 0.3) is 0 Å². The highest BCUT2D eigenvalue weighted by Gasteiger charge is 2.38. The van der Waals surface area contributed by atoms with Gasteiger partial charge >= 0.3 is 5.97 Å². The lowest BCUT2D eigenvalue weighted by atomic mass is 10.0. The van der Waals surface area contributed by atoms with Crippen LogP contribution in [0, 0.1) is 0 Å². The summed E-state index contributed by atoms with van der Waals surface area (Å²) in [6, 6.07) is 3.68. The van der Waals surface area contributed by atoms with Gasteiger partial charge in [0.2, 0.25) is 17.7 Å². The largest absolute Gasteiger partial charge is 0.480 e.